The fraction of sp³-hybridized carbons (Fsp3) is 0.538. The summed E-state index contributed by atoms with van der Waals surface area (Å²) in [5, 5.41) is 13.0. The number of benzene rings is 1. The van der Waals surface area contributed by atoms with Gasteiger partial charge in [-0.2, -0.15) is 0 Å². The second-order valence-electron chi connectivity index (χ2n) is 4.47. The lowest BCUT2D eigenvalue weighted by molar-refractivity contribution is 0.184. The lowest BCUT2D eigenvalue weighted by atomic mass is 10.1. The van der Waals surface area contributed by atoms with Crippen molar-refractivity contribution in [3.63, 3.8) is 0 Å². The molecular formula is C13H18BrNO2. The first kappa shape index (κ1) is 12.9. The summed E-state index contributed by atoms with van der Waals surface area (Å²) in [7, 11) is 0. The second kappa shape index (κ2) is 6.38. The number of phenolic OH excluding ortho intramolecular Hbond substituents is 1. The third kappa shape index (κ3) is 3.98. The van der Waals surface area contributed by atoms with E-state index in [1.54, 1.807) is 6.07 Å². The molecule has 0 saturated carbocycles. The molecule has 0 amide bonds. The van der Waals surface area contributed by atoms with Gasteiger partial charge < -0.3 is 15.2 Å². The molecule has 1 aliphatic heterocycles. The molecule has 0 aromatic heterocycles. The van der Waals surface area contributed by atoms with Crippen LogP contribution in [0.3, 0.4) is 0 Å². The zero-order valence-corrected chi connectivity index (χ0v) is 11.4. The van der Waals surface area contributed by atoms with Crippen LogP contribution in [0.1, 0.15) is 18.4 Å². The van der Waals surface area contributed by atoms with Crippen LogP contribution in [-0.4, -0.2) is 24.9 Å². The van der Waals surface area contributed by atoms with Gasteiger partial charge >= 0.3 is 0 Å². The molecule has 1 heterocycles. The normalized spacial score (nSPS) is 19.7. The van der Waals surface area contributed by atoms with Crippen LogP contribution >= 0.6 is 15.9 Å². The van der Waals surface area contributed by atoms with Crippen LogP contribution in [0.25, 0.3) is 0 Å². The number of rotatable bonds is 5. The minimum atomic E-state index is 0.352. The van der Waals surface area contributed by atoms with Crippen LogP contribution < -0.4 is 5.32 Å². The van der Waals surface area contributed by atoms with E-state index in [1.165, 1.54) is 6.42 Å². The van der Waals surface area contributed by atoms with Gasteiger partial charge in [0.25, 0.3) is 0 Å². The molecule has 1 aliphatic rings. The van der Waals surface area contributed by atoms with Crippen molar-refractivity contribution >= 4 is 15.9 Å². The van der Waals surface area contributed by atoms with E-state index in [0.717, 1.165) is 36.2 Å². The van der Waals surface area contributed by atoms with E-state index in [4.69, 9.17) is 4.74 Å². The van der Waals surface area contributed by atoms with Crippen molar-refractivity contribution in [1.29, 1.82) is 0 Å². The Morgan fingerprint density at radius 2 is 2.35 bits per heavy atom. The van der Waals surface area contributed by atoms with Crippen LogP contribution in [0, 0.1) is 5.92 Å². The van der Waals surface area contributed by atoms with E-state index >= 15 is 0 Å². The maximum atomic E-state index is 9.66. The van der Waals surface area contributed by atoms with Crippen molar-refractivity contribution in [2.24, 2.45) is 5.92 Å². The fourth-order valence-corrected chi connectivity index (χ4v) is 2.44. The van der Waals surface area contributed by atoms with Crippen LogP contribution in [-0.2, 0) is 11.3 Å². The second-order valence-corrected chi connectivity index (χ2v) is 5.38. The van der Waals surface area contributed by atoms with Crippen molar-refractivity contribution in [3.8, 4) is 5.75 Å². The van der Waals surface area contributed by atoms with Gasteiger partial charge in [-0.3, -0.25) is 0 Å². The van der Waals surface area contributed by atoms with Crippen LogP contribution in [0.15, 0.2) is 22.7 Å². The van der Waals surface area contributed by atoms with Gasteiger partial charge in [-0.1, -0.05) is 15.9 Å². The Balaban J connectivity index is 1.72. The third-order valence-electron chi connectivity index (χ3n) is 3.11. The minimum Gasteiger partial charge on any atom is -0.508 e. The number of halogens is 1. The van der Waals surface area contributed by atoms with Gasteiger partial charge in [0.2, 0.25) is 0 Å². The molecule has 3 nitrogen and oxygen atoms in total. The topological polar surface area (TPSA) is 41.5 Å². The number of hydrogen-bond donors (Lipinski definition) is 2. The quantitative estimate of drug-likeness (QED) is 0.822. The smallest absolute Gasteiger partial charge is 0.120 e. The number of aromatic hydroxyl groups is 1. The maximum Gasteiger partial charge on any atom is 0.120 e. The summed E-state index contributed by atoms with van der Waals surface area (Å²) in [5.41, 5.74) is 0.932. The highest BCUT2D eigenvalue weighted by atomic mass is 79.9. The first-order chi connectivity index (χ1) is 8.25. The Hall–Kier alpha value is -0.580. The summed E-state index contributed by atoms with van der Waals surface area (Å²) in [6.07, 6.45) is 2.33. The number of nitrogens with one attached hydrogen (secondary N) is 1. The van der Waals surface area contributed by atoms with Crippen LogP contribution in [0.2, 0.25) is 0 Å². The Bertz CT molecular complexity index is 364. The van der Waals surface area contributed by atoms with Gasteiger partial charge in [-0.15, -0.1) is 0 Å². The molecular weight excluding hydrogens is 282 g/mol. The summed E-state index contributed by atoms with van der Waals surface area (Å²) in [5.74, 6) is 1.06. The average molecular weight is 300 g/mol. The highest BCUT2D eigenvalue weighted by Gasteiger charge is 2.14. The summed E-state index contributed by atoms with van der Waals surface area (Å²) in [6, 6.07) is 5.50. The molecule has 1 aromatic carbocycles. The van der Waals surface area contributed by atoms with Crippen molar-refractivity contribution < 1.29 is 9.84 Å². The highest BCUT2D eigenvalue weighted by molar-refractivity contribution is 9.10. The summed E-state index contributed by atoms with van der Waals surface area (Å²) in [6.45, 7) is 3.50. The van der Waals surface area contributed by atoms with E-state index in [0.29, 0.717) is 18.2 Å². The third-order valence-corrected chi connectivity index (χ3v) is 3.60. The molecule has 94 valence electrons. The Kier molecular flexibility index (Phi) is 4.83. The van der Waals surface area contributed by atoms with E-state index in [1.807, 2.05) is 12.1 Å². The van der Waals surface area contributed by atoms with Crippen LogP contribution in [0.5, 0.6) is 5.75 Å². The number of phenols is 1. The van der Waals surface area contributed by atoms with E-state index < -0.39 is 0 Å². The lowest BCUT2D eigenvalue weighted by Gasteiger charge is -2.10. The molecule has 1 saturated heterocycles. The minimum absolute atomic E-state index is 0.352. The van der Waals surface area contributed by atoms with Crippen molar-refractivity contribution in [1.82, 2.24) is 5.32 Å². The van der Waals surface area contributed by atoms with Gasteiger partial charge in [0, 0.05) is 29.8 Å². The average Bonchev–Trinajstić information content (AvgIpc) is 2.82. The summed E-state index contributed by atoms with van der Waals surface area (Å²) >= 11 is 3.40. The molecule has 4 heteroatoms. The van der Waals surface area contributed by atoms with Crippen LogP contribution in [0.4, 0.5) is 0 Å². The first-order valence-corrected chi connectivity index (χ1v) is 6.81. The molecule has 2 N–H and O–H groups in total. The lowest BCUT2D eigenvalue weighted by Crippen LogP contribution is -2.18. The molecule has 17 heavy (non-hydrogen) atoms. The monoisotopic (exact) mass is 299 g/mol. The molecule has 1 atom stereocenters. The van der Waals surface area contributed by atoms with E-state index in [-0.39, 0.29) is 0 Å². The molecule has 0 bridgehead atoms. The zero-order chi connectivity index (χ0) is 12.1. The molecule has 1 unspecified atom stereocenters. The van der Waals surface area contributed by atoms with Crippen molar-refractivity contribution in [2.45, 2.75) is 19.4 Å². The van der Waals surface area contributed by atoms with E-state index in [2.05, 4.69) is 21.2 Å². The first-order valence-electron chi connectivity index (χ1n) is 6.01. The Morgan fingerprint density at radius 3 is 3.12 bits per heavy atom. The van der Waals surface area contributed by atoms with Gasteiger partial charge in [0.1, 0.15) is 5.75 Å². The Morgan fingerprint density at radius 1 is 1.47 bits per heavy atom. The summed E-state index contributed by atoms with van der Waals surface area (Å²) in [4.78, 5) is 0. The van der Waals surface area contributed by atoms with Crippen molar-refractivity contribution in [3.05, 3.63) is 28.2 Å². The van der Waals surface area contributed by atoms with Gasteiger partial charge in [0.05, 0.1) is 0 Å². The van der Waals surface area contributed by atoms with Gasteiger partial charge in [0.15, 0.2) is 0 Å². The molecule has 0 aliphatic carbocycles. The number of hydrogen-bond acceptors (Lipinski definition) is 3. The summed E-state index contributed by atoms with van der Waals surface area (Å²) < 4.78 is 6.33. The molecule has 2 rings (SSSR count). The molecule has 1 aromatic rings. The highest BCUT2D eigenvalue weighted by Crippen LogP contribution is 2.21. The standard InChI is InChI=1S/C13H18BrNO2/c14-12-1-2-13(16)11(7-12)8-15-5-3-10-4-6-17-9-10/h1-2,7,10,15-16H,3-6,8-9H2. The Labute approximate surface area is 110 Å². The predicted molar refractivity (Wildman–Crippen MR) is 71.1 cm³/mol. The van der Waals surface area contributed by atoms with Gasteiger partial charge in [-0.05, 0) is 43.5 Å². The van der Waals surface area contributed by atoms with Crippen molar-refractivity contribution in [2.75, 3.05) is 19.8 Å². The van der Waals surface area contributed by atoms with E-state index in [9.17, 15) is 5.11 Å². The number of ether oxygens (including phenoxy) is 1. The fourth-order valence-electron chi connectivity index (χ4n) is 2.04. The van der Waals surface area contributed by atoms with Gasteiger partial charge in [-0.25, -0.2) is 0 Å². The SMILES string of the molecule is Oc1ccc(Br)cc1CNCCC1CCOC1. The predicted octanol–water partition coefficient (Wildman–Crippen LogP) is 2.67. The molecule has 1 fully saturated rings. The maximum absolute atomic E-state index is 9.66. The zero-order valence-electron chi connectivity index (χ0n) is 9.79. The largest absolute Gasteiger partial charge is 0.508 e. The molecule has 0 radical (unpaired) electrons. The molecule has 0 spiro atoms.